The lowest BCUT2D eigenvalue weighted by Gasteiger charge is -2.25. The van der Waals surface area contributed by atoms with Crippen molar-refractivity contribution in [3.8, 4) is 0 Å². The molecule has 0 unspecified atom stereocenters. The highest BCUT2D eigenvalue weighted by Crippen LogP contribution is 2.34. The highest BCUT2D eigenvalue weighted by molar-refractivity contribution is 7.91. The van der Waals surface area contributed by atoms with Crippen LogP contribution in [0.4, 0.5) is 21.5 Å². The Morgan fingerprint density at radius 3 is 2.14 bits per heavy atom. The Morgan fingerprint density at radius 2 is 1.57 bits per heavy atom. The lowest BCUT2D eigenvalue weighted by atomic mass is 10.1. The summed E-state index contributed by atoms with van der Waals surface area (Å²) >= 11 is 0. The zero-order valence-electron chi connectivity index (χ0n) is 19.6. The molecule has 0 saturated heterocycles. The summed E-state index contributed by atoms with van der Waals surface area (Å²) in [7, 11) is -3.42. The molecule has 0 spiro atoms. The van der Waals surface area contributed by atoms with E-state index in [0.29, 0.717) is 17.9 Å². The molecule has 0 bridgehead atoms. The maximum absolute atomic E-state index is 15.7. The minimum atomic E-state index is -3.42. The number of hydrogen-bond acceptors (Lipinski definition) is 4. The fraction of sp³-hybridized carbons (Fsp3) is 0.259. The Labute approximate surface area is 204 Å². The maximum atomic E-state index is 15.7. The van der Waals surface area contributed by atoms with Gasteiger partial charge in [0, 0.05) is 24.8 Å². The summed E-state index contributed by atoms with van der Waals surface area (Å²) in [6.07, 6.45) is 1.84. The molecule has 1 fully saturated rings. The van der Waals surface area contributed by atoms with Gasteiger partial charge in [0.2, 0.25) is 5.91 Å². The Bertz CT molecular complexity index is 1340. The molecular formula is C27H27FN2O4S. The summed E-state index contributed by atoms with van der Waals surface area (Å²) in [4.78, 5) is 28.6. The van der Waals surface area contributed by atoms with E-state index in [1.54, 1.807) is 31.2 Å². The van der Waals surface area contributed by atoms with Crippen LogP contribution in [-0.2, 0) is 14.6 Å². The number of sulfone groups is 1. The van der Waals surface area contributed by atoms with E-state index in [-0.39, 0.29) is 27.8 Å². The largest absolute Gasteiger partial charge is 0.309 e. The summed E-state index contributed by atoms with van der Waals surface area (Å²) in [5.41, 5.74) is 0.696. The molecule has 0 aliphatic heterocycles. The van der Waals surface area contributed by atoms with E-state index in [1.807, 2.05) is 6.07 Å². The second kappa shape index (κ2) is 10.00. The van der Waals surface area contributed by atoms with Crippen LogP contribution in [0.5, 0.6) is 0 Å². The van der Waals surface area contributed by atoms with E-state index in [4.69, 9.17) is 0 Å². The molecule has 1 saturated carbocycles. The summed E-state index contributed by atoms with van der Waals surface area (Å²) in [5.74, 6) is -1.51. The Kier molecular flexibility index (Phi) is 7.03. The molecule has 2 amide bonds. The van der Waals surface area contributed by atoms with Crippen molar-refractivity contribution in [2.75, 3.05) is 22.1 Å². The number of nitrogens with zero attached hydrogens (tertiary/aromatic N) is 2. The van der Waals surface area contributed by atoms with Crippen molar-refractivity contribution in [2.24, 2.45) is 5.92 Å². The predicted molar refractivity (Wildman–Crippen MR) is 134 cm³/mol. The number of carbonyl (C=O) groups excluding carboxylic acids is 2. The van der Waals surface area contributed by atoms with Gasteiger partial charge in [-0.3, -0.25) is 14.5 Å². The lowest BCUT2D eigenvalue weighted by molar-refractivity contribution is -0.115. The van der Waals surface area contributed by atoms with Gasteiger partial charge in [-0.1, -0.05) is 24.3 Å². The van der Waals surface area contributed by atoms with Crippen molar-refractivity contribution in [1.82, 2.24) is 0 Å². The highest BCUT2D eigenvalue weighted by Gasteiger charge is 2.30. The predicted octanol–water partition coefficient (Wildman–Crippen LogP) is 5.36. The number of rotatable bonds is 8. The number of amides is 2. The monoisotopic (exact) mass is 494 g/mol. The number of carbonyl (C=O) groups is 2. The average Bonchev–Trinajstić information content (AvgIpc) is 3.65. The number of hydrogen-bond donors (Lipinski definition) is 0. The molecule has 0 atom stereocenters. The fourth-order valence-electron chi connectivity index (χ4n) is 4.04. The first-order valence-corrected chi connectivity index (χ1v) is 13.2. The first-order chi connectivity index (χ1) is 16.7. The molecule has 0 radical (unpaired) electrons. The number of para-hydroxylation sites is 1. The minimum absolute atomic E-state index is 0.0824. The van der Waals surface area contributed by atoms with Gasteiger partial charge >= 0.3 is 0 Å². The van der Waals surface area contributed by atoms with Gasteiger partial charge in [-0.05, 0) is 74.2 Å². The van der Waals surface area contributed by atoms with E-state index in [0.717, 1.165) is 17.7 Å². The second-order valence-corrected chi connectivity index (χ2v) is 10.6. The van der Waals surface area contributed by atoms with E-state index in [2.05, 4.69) is 0 Å². The maximum Gasteiger partial charge on any atom is 0.261 e. The van der Waals surface area contributed by atoms with Crippen LogP contribution in [0.15, 0.2) is 77.7 Å². The average molecular weight is 495 g/mol. The lowest BCUT2D eigenvalue weighted by Crippen LogP contribution is -2.32. The Morgan fingerprint density at radius 1 is 0.914 bits per heavy atom. The zero-order chi connectivity index (χ0) is 25.2. The molecule has 1 aliphatic rings. The first kappa shape index (κ1) is 24.6. The van der Waals surface area contributed by atoms with Gasteiger partial charge in [-0.15, -0.1) is 0 Å². The standard InChI is InChI=1S/C27H27FN2O4S/c1-3-29(21-8-5-4-6-9-21)27(32)24-10-7-11-25(26(24)28)30(19(2)31)22-14-16-23(17-15-22)35(33,34)18-20-12-13-20/h4-11,14-17,20H,3,12-13,18H2,1-2H3. The summed E-state index contributed by atoms with van der Waals surface area (Å²) in [6, 6.07) is 19.1. The Balaban J connectivity index is 1.68. The molecule has 0 N–H and O–H groups in total. The molecule has 0 heterocycles. The SMILES string of the molecule is CCN(C(=O)c1cccc(N(C(C)=O)c2ccc(S(=O)(=O)CC3CC3)cc2)c1F)c1ccccc1. The van der Waals surface area contributed by atoms with Crippen LogP contribution < -0.4 is 9.80 Å². The van der Waals surface area contributed by atoms with Gasteiger partial charge in [0.15, 0.2) is 15.7 Å². The van der Waals surface area contributed by atoms with Crippen LogP contribution in [0.3, 0.4) is 0 Å². The van der Waals surface area contributed by atoms with Gasteiger partial charge in [0.25, 0.3) is 5.91 Å². The third-order valence-electron chi connectivity index (χ3n) is 6.00. The smallest absolute Gasteiger partial charge is 0.261 e. The van der Waals surface area contributed by atoms with Crippen LogP contribution in [0.25, 0.3) is 0 Å². The van der Waals surface area contributed by atoms with Crippen molar-refractivity contribution >= 4 is 38.7 Å². The normalized spacial score (nSPS) is 13.3. The van der Waals surface area contributed by atoms with E-state index >= 15 is 4.39 Å². The molecule has 8 heteroatoms. The molecule has 4 rings (SSSR count). The van der Waals surface area contributed by atoms with E-state index < -0.39 is 27.5 Å². The fourth-order valence-corrected chi connectivity index (χ4v) is 5.74. The minimum Gasteiger partial charge on any atom is -0.309 e. The van der Waals surface area contributed by atoms with Crippen molar-refractivity contribution < 1.29 is 22.4 Å². The number of halogens is 1. The molecule has 0 aromatic heterocycles. The van der Waals surface area contributed by atoms with Gasteiger partial charge < -0.3 is 4.90 Å². The van der Waals surface area contributed by atoms with Gasteiger partial charge in [0.05, 0.1) is 21.9 Å². The third kappa shape index (κ3) is 5.27. The van der Waals surface area contributed by atoms with Gasteiger partial charge in [-0.2, -0.15) is 0 Å². The quantitative estimate of drug-likeness (QED) is 0.423. The van der Waals surface area contributed by atoms with Gasteiger partial charge in [0.1, 0.15) is 0 Å². The molecule has 3 aromatic rings. The molecule has 1 aliphatic carbocycles. The summed E-state index contributed by atoms with van der Waals surface area (Å²) in [5, 5.41) is 0. The summed E-state index contributed by atoms with van der Waals surface area (Å²) in [6.45, 7) is 3.42. The molecule has 3 aromatic carbocycles. The Hall–Kier alpha value is -3.52. The van der Waals surface area contributed by atoms with Crippen LogP contribution in [0.2, 0.25) is 0 Å². The van der Waals surface area contributed by atoms with Crippen LogP contribution in [0, 0.1) is 11.7 Å². The number of benzene rings is 3. The molecule has 35 heavy (non-hydrogen) atoms. The van der Waals surface area contributed by atoms with Crippen molar-refractivity contribution in [1.29, 1.82) is 0 Å². The van der Waals surface area contributed by atoms with Crippen molar-refractivity contribution in [3.63, 3.8) is 0 Å². The van der Waals surface area contributed by atoms with Crippen molar-refractivity contribution in [2.45, 2.75) is 31.6 Å². The van der Waals surface area contributed by atoms with Crippen LogP contribution >= 0.6 is 0 Å². The molecule has 182 valence electrons. The topological polar surface area (TPSA) is 74.8 Å². The zero-order valence-corrected chi connectivity index (χ0v) is 20.5. The second-order valence-electron chi connectivity index (χ2n) is 8.60. The third-order valence-corrected chi connectivity index (χ3v) is 7.90. The first-order valence-electron chi connectivity index (χ1n) is 11.5. The molecular weight excluding hydrogens is 467 g/mol. The van der Waals surface area contributed by atoms with E-state index in [9.17, 15) is 18.0 Å². The summed E-state index contributed by atoms with van der Waals surface area (Å²) < 4.78 is 40.8. The van der Waals surface area contributed by atoms with Gasteiger partial charge in [-0.25, -0.2) is 12.8 Å². The van der Waals surface area contributed by atoms with Crippen LogP contribution in [0.1, 0.15) is 37.0 Å². The molecule has 6 nitrogen and oxygen atoms in total. The highest BCUT2D eigenvalue weighted by atomic mass is 32.2. The van der Waals surface area contributed by atoms with Crippen LogP contribution in [-0.4, -0.2) is 32.5 Å². The van der Waals surface area contributed by atoms with E-state index in [1.165, 1.54) is 54.3 Å². The van der Waals surface area contributed by atoms with Crippen molar-refractivity contribution in [3.05, 3.63) is 84.2 Å². The number of anilines is 3.